The Labute approximate surface area is 363 Å². The Balaban J connectivity index is 4.46. The third-order valence-corrected chi connectivity index (χ3v) is 9.99. The molecule has 6 heteroatoms. The number of allylic oxidation sites excluding steroid dienone is 14. The van der Waals surface area contributed by atoms with Crippen LogP contribution in [0.3, 0.4) is 0 Å². The predicted octanol–water partition coefficient (Wildman–Crippen LogP) is 15.6. The summed E-state index contributed by atoms with van der Waals surface area (Å²) in [7, 11) is 0. The third kappa shape index (κ3) is 45.5. The predicted molar refractivity (Wildman–Crippen MR) is 251 cm³/mol. The van der Waals surface area contributed by atoms with Gasteiger partial charge in [0.15, 0.2) is 6.10 Å². The molecule has 59 heavy (non-hydrogen) atoms. The quantitative estimate of drug-likeness (QED) is 0.0201. The van der Waals surface area contributed by atoms with E-state index in [9.17, 15) is 14.4 Å². The lowest BCUT2D eigenvalue weighted by molar-refractivity contribution is -0.167. The molecule has 0 aromatic heterocycles. The highest BCUT2D eigenvalue weighted by Crippen LogP contribution is 2.15. The monoisotopic (exact) mass is 821 g/mol. The Kier molecular flexibility index (Phi) is 44.5. The third-order valence-electron chi connectivity index (χ3n) is 9.99. The summed E-state index contributed by atoms with van der Waals surface area (Å²) in [5, 5.41) is 0. The maximum absolute atomic E-state index is 12.7. The second-order valence-corrected chi connectivity index (χ2v) is 15.7. The standard InChI is InChI=1S/C53H88O6/c1-4-7-10-13-16-19-22-25-26-27-29-31-34-37-40-43-46-52(55)58-49-50(48-57-51(54)45-42-39-36-33-30-24-21-18-15-12-9-6-3)59-53(56)47-44-41-38-35-32-28-23-20-17-14-11-8-5-2/h8-9,11-12,14,17-18,20-21,23,28,30,32-33,50H,4-7,10,13,15-16,19,22,24-27,29,31,34-49H2,1-3H3/b11-8-,12-9-,17-14-,21-18-,23-20-,32-28-,33-30-. The topological polar surface area (TPSA) is 78.9 Å². The van der Waals surface area contributed by atoms with Crippen molar-refractivity contribution in [3.05, 3.63) is 85.1 Å². The van der Waals surface area contributed by atoms with Crippen LogP contribution in [0.2, 0.25) is 0 Å². The van der Waals surface area contributed by atoms with Crippen LogP contribution in [-0.2, 0) is 28.6 Å². The fraction of sp³-hybridized carbons (Fsp3) is 0.679. The molecule has 0 aliphatic rings. The van der Waals surface area contributed by atoms with E-state index in [0.29, 0.717) is 19.3 Å². The molecule has 0 heterocycles. The van der Waals surface area contributed by atoms with Gasteiger partial charge in [0.05, 0.1) is 0 Å². The highest BCUT2D eigenvalue weighted by atomic mass is 16.6. The summed E-state index contributed by atoms with van der Waals surface area (Å²) in [6.45, 7) is 6.30. The minimum atomic E-state index is -0.809. The Morgan fingerprint density at radius 2 is 0.746 bits per heavy atom. The largest absolute Gasteiger partial charge is 0.462 e. The number of hydrogen-bond donors (Lipinski definition) is 0. The zero-order valence-electron chi connectivity index (χ0n) is 38.2. The number of rotatable bonds is 42. The molecule has 336 valence electrons. The van der Waals surface area contributed by atoms with Crippen molar-refractivity contribution < 1.29 is 28.6 Å². The molecule has 0 saturated heterocycles. The van der Waals surface area contributed by atoms with Gasteiger partial charge in [-0.2, -0.15) is 0 Å². The minimum absolute atomic E-state index is 0.104. The summed E-state index contributed by atoms with van der Waals surface area (Å²) >= 11 is 0. The average Bonchev–Trinajstić information content (AvgIpc) is 3.23. The van der Waals surface area contributed by atoms with Crippen molar-refractivity contribution in [1.29, 1.82) is 0 Å². The molecular formula is C53H88O6. The van der Waals surface area contributed by atoms with E-state index < -0.39 is 6.10 Å². The van der Waals surface area contributed by atoms with Crippen molar-refractivity contribution in [2.24, 2.45) is 0 Å². The van der Waals surface area contributed by atoms with Gasteiger partial charge in [-0.1, -0.05) is 209 Å². The van der Waals surface area contributed by atoms with Gasteiger partial charge in [-0.25, -0.2) is 0 Å². The minimum Gasteiger partial charge on any atom is -0.462 e. The molecule has 0 aliphatic carbocycles. The molecule has 0 aromatic carbocycles. The summed E-state index contributed by atoms with van der Waals surface area (Å²) in [5.41, 5.74) is 0. The molecule has 6 nitrogen and oxygen atoms in total. The van der Waals surface area contributed by atoms with Crippen molar-refractivity contribution >= 4 is 17.9 Å². The summed E-state index contributed by atoms with van der Waals surface area (Å²) in [5.74, 6) is -0.988. The van der Waals surface area contributed by atoms with Crippen LogP contribution in [0.1, 0.15) is 213 Å². The summed E-state index contributed by atoms with van der Waals surface area (Å²) in [6.07, 6.45) is 60.0. The van der Waals surface area contributed by atoms with E-state index in [-0.39, 0.29) is 37.5 Å². The van der Waals surface area contributed by atoms with Crippen LogP contribution in [0.4, 0.5) is 0 Å². The molecule has 0 spiro atoms. The molecule has 0 fully saturated rings. The van der Waals surface area contributed by atoms with Gasteiger partial charge in [-0.3, -0.25) is 14.4 Å². The summed E-state index contributed by atoms with van der Waals surface area (Å²) in [6, 6.07) is 0. The van der Waals surface area contributed by atoms with Gasteiger partial charge < -0.3 is 14.2 Å². The second kappa shape index (κ2) is 47.3. The Morgan fingerprint density at radius 3 is 1.27 bits per heavy atom. The van der Waals surface area contributed by atoms with Gasteiger partial charge in [0.25, 0.3) is 0 Å². The SMILES string of the molecule is CC\C=C/C=C\C=C/C=C\CCCCCC(=O)OC(COC(=O)CCCC/C=C\C/C=C\C/C=C\CC)COC(=O)CCCCCCCCCCCCCCCCCC. The van der Waals surface area contributed by atoms with Crippen molar-refractivity contribution in [3.8, 4) is 0 Å². The first-order valence-corrected chi connectivity index (χ1v) is 24.1. The number of unbranched alkanes of at least 4 members (excludes halogenated alkanes) is 20. The van der Waals surface area contributed by atoms with Crippen molar-refractivity contribution in [1.82, 2.24) is 0 Å². The molecule has 0 aromatic rings. The van der Waals surface area contributed by atoms with E-state index in [1.807, 2.05) is 36.5 Å². The van der Waals surface area contributed by atoms with Crippen LogP contribution in [0.15, 0.2) is 85.1 Å². The number of carbonyl (C=O) groups excluding carboxylic acids is 3. The molecule has 0 aliphatic heterocycles. The van der Waals surface area contributed by atoms with Crippen molar-refractivity contribution in [3.63, 3.8) is 0 Å². The lowest BCUT2D eigenvalue weighted by Gasteiger charge is -2.18. The molecule has 0 amide bonds. The maximum atomic E-state index is 12.7. The highest BCUT2D eigenvalue weighted by molar-refractivity contribution is 5.71. The number of esters is 3. The number of carbonyl (C=O) groups is 3. The molecule has 1 unspecified atom stereocenters. The maximum Gasteiger partial charge on any atom is 0.306 e. The molecule has 0 bridgehead atoms. The molecule has 0 radical (unpaired) electrons. The van der Waals surface area contributed by atoms with E-state index in [1.54, 1.807) is 0 Å². The second-order valence-electron chi connectivity index (χ2n) is 15.7. The molecule has 1 atom stereocenters. The van der Waals surface area contributed by atoms with Gasteiger partial charge >= 0.3 is 17.9 Å². The van der Waals surface area contributed by atoms with Crippen LogP contribution < -0.4 is 0 Å². The zero-order valence-corrected chi connectivity index (χ0v) is 38.2. The highest BCUT2D eigenvalue weighted by Gasteiger charge is 2.19. The molecular weight excluding hydrogens is 733 g/mol. The van der Waals surface area contributed by atoms with Gasteiger partial charge in [0.1, 0.15) is 13.2 Å². The molecule has 0 saturated carbocycles. The van der Waals surface area contributed by atoms with Gasteiger partial charge in [-0.05, 0) is 70.6 Å². The smallest absolute Gasteiger partial charge is 0.306 e. The molecule has 0 N–H and O–H groups in total. The fourth-order valence-corrected chi connectivity index (χ4v) is 6.41. The first-order chi connectivity index (χ1) is 29.0. The summed E-state index contributed by atoms with van der Waals surface area (Å²) in [4.78, 5) is 37.8. The zero-order chi connectivity index (χ0) is 43.0. The van der Waals surface area contributed by atoms with Crippen molar-refractivity contribution in [2.75, 3.05) is 13.2 Å². The normalized spacial score (nSPS) is 12.8. The van der Waals surface area contributed by atoms with Crippen molar-refractivity contribution in [2.45, 2.75) is 219 Å². The van der Waals surface area contributed by atoms with E-state index >= 15 is 0 Å². The van der Waals surface area contributed by atoms with Crippen LogP contribution in [0, 0.1) is 0 Å². The van der Waals surface area contributed by atoms with E-state index in [2.05, 4.69) is 69.4 Å². The van der Waals surface area contributed by atoms with E-state index in [1.165, 1.54) is 83.5 Å². The number of ether oxygens (including phenoxy) is 3. The first kappa shape index (κ1) is 55.6. The Hall–Kier alpha value is -3.41. The fourth-order valence-electron chi connectivity index (χ4n) is 6.41. The lowest BCUT2D eigenvalue weighted by atomic mass is 10.0. The van der Waals surface area contributed by atoms with E-state index in [4.69, 9.17) is 14.2 Å². The first-order valence-electron chi connectivity index (χ1n) is 24.1. The lowest BCUT2D eigenvalue weighted by Crippen LogP contribution is -2.30. The van der Waals surface area contributed by atoms with Crippen LogP contribution in [-0.4, -0.2) is 37.2 Å². The molecule has 0 rings (SSSR count). The number of hydrogen-bond acceptors (Lipinski definition) is 6. The summed E-state index contributed by atoms with van der Waals surface area (Å²) < 4.78 is 16.7. The van der Waals surface area contributed by atoms with Crippen LogP contribution in [0.25, 0.3) is 0 Å². The van der Waals surface area contributed by atoms with E-state index in [0.717, 1.165) is 83.5 Å². The van der Waals surface area contributed by atoms with Gasteiger partial charge in [0.2, 0.25) is 0 Å². The van der Waals surface area contributed by atoms with Gasteiger partial charge in [-0.15, -0.1) is 0 Å². The van der Waals surface area contributed by atoms with Gasteiger partial charge in [0, 0.05) is 19.3 Å². The Bertz CT molecular complexity index is 1170. The van der Waals surface area contributed by atoms with Crippen LogP contribution >= 0.6 is 0 Å². The average molecular weight is 821 g/mol. The Morgan fingerprint density at radius 1 is 0.373 bits per heavy atom. The van der Waals surface area contributed by atoms with Crippen LogP contribution in [0.5, 0.6) is 0 Å².